The van der Waals surface area contributed by atoms with Crippen LogP contribution in [-0.4, -0.2) is 0 Å². The molecule has 0 saturated heterocycles. The second kappa shape index (κ2) is 1.75. The smallest absolute Gasteiger partial charge is 0.00922 e. The van der Waals surface area contributed by atoms with Crippen molar-refractivity contribution in [2.75, 3.05) is 0 Å². The molecular weight excluding hydrogens is 156 g/mol. The summed E-state index contributed by atoms with van der Waals surface area (Å²) in [5.41, 5.74) is 0.500. The normalized spacial score (nSPS) is 57.8. The second-order valence-electron chi connectivity index (χ2n) is 4.64. The molecule has 13 heavy (non-hydrogen) atoms. The van der Waals surface area contributed by atoms with Crippen molar-refractivity contribution in [3.63, 3.8) is 0 Å². The number of rotatable bonds is 0. The molecule has 0 aromatic rings. The molecule has 0 radical (unpaired) electrons. The Labute approximate surface area is 78.3 Å². The molecule has 0 heteroatoms. The molecule has 64 valence electrons. The summed E-state index contributed by atoms with van der Waals surface area (Å²) in [5.74, 6) is 2.82. The van der Waals surface area contributed by atoms with Crippen LogP contribution < -0.4 is 0 Å². The van der Waals surface area contributed by atoms with Gasteiger partial charge < -0.3 is 0 Å². The molecule has 0 saturated carbocycles. The molecule has 0 aromatic carbocycles. The van der Waals surface area contributed by atoms with Gasteiger partial charge in [-0.05, 0) is 0 Å². The van der Waals surface area contributed by atoms with E-state index in [2.05, 4.69) is 48.6 Å². The van der Waals surface area contributed by atoms with E-state index in [0.29, 0.717) is 29.1 Å². The minimum absolute atomic E-state index is 0.500. The van der Waals surface area contributed by atoms with Crippen LogP contribution in [0.2, 0.25) is 0 Å². The van der Waals surface area contributed by atoms with Crippen molar-refractivity contribution in [2.24, 2.45) is 29.1 Å². The van der Waals surface area contributed by atoms with Crippen LogP contribution in [0.5, 0.6) is 0 Å². The molecular formula is C13H12. The molecule has 0 bridgehead atoms. The standard InChI is InChI=1S/C13H12/c1-2-10-5-6-12-8-7-11-4-3-9(1)13(10,11)12/h1-12H. The molecule has 1 spiro atoms. The van der Waals surface area contributed by atoms with Gasteiger partial charge in [-0.25, -0.2) is 0 Å². The number of hydrogen-bond acceptors (Lipinski definition) is 0. The average molecular weight is 168 g/mol. The zero-order valence-electron chi connectivity index (χ0n) is 7.43. The predicted molar refractivity (Wildman–Crippen MR) is 53.0 cm³/mol. The highest BCUT2D eigenvalue weighted by molar-refractivity contribution is 5.44. The van der Waals surface area contributed by atoms with E-state index in [1.165, 1.54) is 0 Å². The minimum atomic E-state index is 0.500. The Hall–Kier alpha value is -1.04. The van der Waals surface area contributed by atoms with Crippen LogP contribution in [0.15, 0.2) is 48.6 Å². The molecule has 4 rings (SSSR count). The predicted octanol–water partition coefficient (Wildman–Crippen LogP) is 2.72. The highest BCUT2D eigenvalue weighted by atomic mass is 14.6. The van der Waals surface area contributed by atoms with E-state index in [0.717, 1.165) is 0 Å². The maximum absolute atomic E-state index is 2.41. The summed E-state index contributed by atoms with van der Waals surface area (Å²) >= 11 is 0. The lowest BCUT2D eigenvalue weighted by Crippen LogP contribution is -2.34. The Balaban J connectivity index is 2.00. The molecule has 0 unspecified atom stereocenters. The van der Waals surface area contributed by atoms with E-state index in [-0.39, 0.29) is 0 Å². The maximum Gasteiger partial charge on any atom is 0.00922 e. The third-order valence-corrected chi connectivity index (χ3v) is 4.41. The highest BCUT2D eigenvalue weighted by Crippen LogP contribution is 2.65. The Bertz CT molecular complexity index is 279. The van der Waals surface area contributed by atoms with Crippen molar-refractivity contribution in [3.8, 4) is 0 Å². The van der Waals surface area contributed by atoms with Crippen LogP contribution >= 0.6 is 0 Å². The molecule has 0 aromatic heterocycles. The minimum Gasteiger partial charge on any atom is -0.0804 e. The third-order valence-electron chi connectivity index (χ3n) is 4.41. The fraction of sp³-hybridized carbons (Fsp3) is 0.385. The Morgan fingerprint density at radius 2 is 0.692 bits per heavy atom. The largest absolute Gasteiger partial charge is 0.0804 e. The summed E-state index contributed by atoms with van der Waals surface area (Å²) in [5, 5.41) is 0. The van der Waals surface area contributed by atoms with Crippen LogP contribution in [-0.2, 0) is 0 Å². The van der Waals surface area contributed by atoms with Crippen molar-refractivity contribution in [2.45, 2.75) is 0 Å². The van der Waals surface area contributed by atoms with Gasteiger partial charge in [0, 0.05) is 29.1 Å². The van der Waals surface area contributed by atoms with Gasteiger partial charge in [-0.3, -0.25) is 0 Å². The van der Waals surface area contributed by atoms with Crippen molar-refractivity contribution in [3.05, 3.63) is 48.6 Å². The van der Waals surface area contributed by atoms with E-state index in [4.69, 9.17) is 0 Å². The lowest BCUT2D eigenvalue weighted by atomic mass is 9.66. The first-order valence-corrected chi connectivity index (χ1v) is 5.15. The molecule has 0 amide bonds. The molecule has 0 atom stereocenters. The van der Waals surface area contributed by atoms with Gasteiger partial charge in [0.05, 0.1) is 0 Å². The first kappa shape index (κ1) is 6.42. The van der Waals surface area contributed by atoms with Crippen LogP contribution in [0.3, 0.4) is 0 Å². The van der Waals surface area contributed by atoms with Gasteiger partial charge in [-0.1, -0.05) is 48.6 Å². The van der Waals surface area contributed by atoms with Crippen molar-refractivity contribution in [1.29, 1.82) is 0 Å². The van der Waals surface area contributed by atoms with E-state index in [9.17, 15) is 0 Å². The van der Waals surface area contributed by atoms with Crippen LogP contribution in [0.4, 0.5) is 0 Å². The fourth-order valence-corrected chi connectivity index (χ4v) is 3.88. The number of allylic oxidation sites excluding steroid dienone is 8. The fourth-order valence-electron chi connectivity index (χ4n) is 3.88. The van der Waals surface area contributed by atoms with Crippen LogP contribution in [0.25, 0.3) is 0 Å². The topological polar surface area (TPSA) is 0 Å². The van der Waals surface area contributed by atoms with E-state index in [1.807, 2.05) is 0 Å². The summed E-state index contributed by atoms with van der Waals surface area (Å²) in [6.07, 6.45) is 19.3. The molecule has 0 aliphatic heterocycles. The Morgan fingerprint density at radius 1 is 0.462 bits per heavy atom. The third kappa shape index (κ3) is 0.477. The van der Waals surface area contributed by atoms with E-state index < -0.39 is 0 Å². The Kier molecular flexibility index (Phi) is 0.862. The van der Waals surface area contributed by atoms with Gasteiger partial charge in [-0.15, -0.1) is 0 Å². The second-order valence-corrected chi connectivity index (χ2v) is 4.64. The van der Waals surface area contributed by atoms with Gasteiger partial charge in [0.1, 0.15) is 0 Å². The molecule has 0 N–H and O–H groups in total. The SMILES string of the molecule is C1=CC2C=CC3C=CC4C=CC1C243. The average Bonchev–Trinajstić information content (AvgIpc) is 2.68. The molecule has 0 heterocycles. The maximum atomic E-state index is 2.41. The highest BCUT2D eigenvalue weighted by Gasteiger charge is 2.59. The molecule has 0 fully saturated rings. The summed E-state index contributed by atoms with van der Waals surface area (Å²) in [6, 6.07) is 0. The zero-order valence-corrected chi connectivity index (χ0v) is 7.43. The Morgan fingerprint density at radius 3 is 0.923 bits per heavy atom. The lowest BCUT2D eigenvalue weighted by Gasteiger charge is -2.36. The van der Waals surface area contributed by atoms with Gasteiger partial charge in [0.15, 0.2) is 0 Å². The molecule has 0 nitrogen and oxygen atoms in total. The van der Waals surface area contributed by atoms with Crippen molar-refractivity contribution < 1.29 is 0 Å². The summed E-state index contributed by atoms with van der Waals surface area (Å²) < 4.78 is 0. The summed E-state index contributed by atoms with van der Waals surface area (Å²) in [4.78, 5) is 0. The zero-order chi connectivity index (χ0) is 8.47. The van der Waals surface area contributed by atoms with Crippen LogP contribution in [0.1, 0.15) is 0 Å². The molecule has 4 aliphatic rings. The van der Waals surface area contributed by atoms with Gasteiger partial charge >= 0.3 is 0 Å². The quantitative estimate of drug-likeness (QED) is 0.488. The number of hydrogen-bond donors (Lipinski definition) is 0. The van der Waals surface area contributed by atoms with E-state index in [1.54, 1.807) is 0 Å². The summed E-state index contributed by atoms with van der Waals surface area (Å²) in [7, 11) is 0. The van der Waals surface area contributed by atoms with Gasteiger partial charge in [0.2, 0.25) is 0 Å². The van der Waals surface area contributed by atoms with E-state index >= 15 is 0 Å². The molecule has 4 aliphatic carbocycles. The van der Waals surface area contributed by atoms with Gasteiger partial charge in [0.25, 0.3) is 0 Å². The first-order valence-electron chi connectivity index (χ1n) is 5.15. The van der Waals surface area contributed by atoms with Gasteiger partial charge in [-0.2, -0.15) is 0 Å². The van der Waals surface area contributed by atoms with Crippen molar-refractivity contribution in [1.82, 2.24) is 0 Å². The monoisotopic (exact) mass is 168 g/mol. The lowest BCUT2D eigenvalue weighted by molar-refractivity contribution is 0.172. The first-order chi connectivity index (χ1) is 6.42. The summed E-state index contributed by atoms with van der Waals surface area (Å²) in [6.45, 7) is 0. The van der Waals surface area contributed by atoms with Crippen molar-refractivity contribution >= 4 is 0 Å². The van der Waals surface area contributed by atoms with Crippen LogP contribution in [0, 0.1) is 29.1 Å².